The molecule has 1 aromatic heterocycles. The van der Waals surface area contributed by atoms with Crippen LogP contribution in [0.25, 0.3) is 0 Å². The molecule has 3 N–H and O–H groups in total. The van der Waals surface area contributed by atoms with Crippen LogP contribution in [-0.4, -0.2) is 21.9 Å². The van der Waals surface area contributed by atoms with Gasteiger partial charge in [0, 0.05) is 12.7 Å². The topological polar surface area (TPSA) is 110 Å². The van der Waals surface area contributed by atoms with E-state index in [9.17, 15) is 10.1 Å². The van der Waals surface area contributed by atoms with Crippen molar-refractivity contribution in [1.82, 2.24) is 9.97 Å². The van der Waals surface area contributed by atoms with Gasteiger partial charge in [-0.25, -0.2) is 10.8 Å². The summed E-state index contributed by atoms with van der Waals surface area (Å²) in [6.07, 6.45) is 0. The van der Waals surface area contributed by atoms with Gasteiger partial charge >= 0.3 is 5.69 Å². The second-order valence-electron chi connectivity index (χ2n) is 4.60. The molecule has 2 rings (SSSR count). The number of aryl methyl sites for hydroxylation is 2. The Morgan fingerprint density at radius 3 is 2.38 bits per heavy atom. The molecule has 0 bridgehead atoms. The molecule has 0 aliphatic rings. The van der Waals surface area contributed by atoms with Crippen LogP contribution in [0.4, 0.5) is 23.1 Å². The maximum absolute atomic E-state index is 11.3. The third-order valence-electron chi connectivity index (χ3n) is 3.09. The smallest absolute Gasteiger partial charge is 0.324 e. The van der Waals surface area contributed by atoms with Gasteiger partial charge in [-0.15, -0.1) is 0 Å². The first-order valence-electron chi connectivity index (χ1n) is 6.24. The van der Waals surface area contributed by atoms with E-state index in [0.717, 1.165) is 11.3 Å². The molecule has 0 unspecified atom stereocenters. The number of hydrogen-bond donors (Lipinski definition) is 2. The first-order valence-corrected chi connectivity index (χ1v) is 6.24. The lowest BCUT2D eigenvalue weighted by Crippen LogP contribution is -2.18. The Bertz CT molecular complexity index is 671. The van der Waals surface area contributed by atoms with Crippen LogP contribution in [0.5, 0.6) is 0 Å². The zero-order valence-corrected chi connectivity index (χ0v) is 12.0. The van der Waals surface area contributed by atoms with Crippen molar-refractivity contribution in [1.29, 1.82) is 0 Å². The van der Waals surface area contributed by atoms with Gasteiger partial charge in [0.25, 0.3) is 0 Å². The summed E-state index contributed by atoms with van der Waals surface area (Å²) in [5.41, 5.74) is 4.31. The molecule has 2 aromatic rings. The minimum Gasteiger partial charge on any atom is -0.324 e. The highest BCUT2D eigenvalue weighted by Gasteiger charge is 2.25. The van der Waals surface area contributed by atoms with E-state index in [0.29, 0.717) is 0 Å². The van der Waals surface area contributed by atoms with Gasteiger partial charge < -0.3 is 4.90 Å². The molecule has 1 heterocycles. The Morgan fingerprint density at radius 2 is 1.86 bits per heavy atom. The van der Waals surface area contributed by atoms with E-state index in [2.05, 4.69) is 15.4 Å². The monoisotopic (exact) mass is 288 g/mol. The quantitative estimate of drug-likeness (QED) is 0.503. The molecule has 0 saturated carbocycles. The zero-order valence-electron chi connectivity index (χ0n) is 12.0. The van der Waals surface area contributed by atoms with Crippen molar-refractivity contribution in [3.05, 3.63) is 45.6 Å². The SMILES string of the molecule is Cc1ccc(N(C)c2nc(NN)nc(C)c2[N+](=O)[O-])cc1. The normalized spacial score (nSPS) is 10.3. The van der Waals surface area contributed by atoms with Crippen LogP contribution in [-0.2, 0) is 0 Å². The van der Waals surface area contributed by atoms with Crippen molar-refractivity contribution in [3.8, 4) is 0 Å². The molecule has 0 atom stereocenters. The number of benzene rings is 1. The Balaban J connectivity index is 2.57. The zero-order chi connectivity index (χ0) is 15.6. The molecule has 0 aliphatic heterocycles. The predicted molar refractivity (Wildman–Crippen MR) is 80.5 cm³/mol. The Morgan fingerprint density at radius 1 is 1.24 bits per heavy atom. The molecule has 1 aromatic carbocycles. The van der Waals surface area contributed by atoms with E-state index >= 15 is 0 Å². The number of nitrogens with two attached hydrogens (primary N) is 1. The van der Waals surface area contributed by atoms with E-state index in [4.69, 9.17) is 5.84 Å². The van der Waals surface area contributed by atoms with Crippen molar-refractivity contribution < 1.29 is 4.92 Å². The predicted octanol–water partition coefficient (Wildman–Crippen LogP) is 2.06. The molecule has 0 aliphatic carbocycles. The number of nitrogens with zero attached hydrogens (tertiary/aromatic N) is 4. The molecular formula is C13H16N6O2. The summed E-state index contributed by atoms with van der Waals surface area (Å²) in [5, 5.41) is 11.3. The number of aromatic nitrogens is 2. The van der Waals surface area contributed by atoms with Crippen molar-refractivity contribution >= 4 is 23.1 Å². The van der Waals surface area contributed by atoms with Gasteiger partial charge in [0.2, 0.25) is 11.8 Å². The maximum Gasteiger partial charge on any atom is 0.333 e. The van der Waals surface area contributed by atoms with Gasteiger partial charge in [-0.05, 0) is 26.0 Å². The minimum absolute atomic E-state index is 0.132. The van der Waals surface area contributed by atoms with Crippen LogP contribution in [0, 0.1) is 24.0 Å². The summed E-state index contributed by atoms with van der Waals surface area (Å²) in [5.74, 6) is 5.63. The number of nitrogen functional groups attached to an aromatic ring is 1. The fourth-order valence-electron chi connectivity index (χ4n) is 1.95. The summed E-state index contributed by atoms with van der Waals surface area (Å²) >= 11 is 0. The van der Waals surface area contributed by atoms with E-state index in [1.165, 1.54) is 0 Å². The van der Waals surface area contributed by atoms with Gasteiger partial charge in [0.1, 0.15) is 5.69 Å². The van der Waals surface area contributed by atoms with Gasteiger partial charge in [-0.2, -0.15) is 4.98 Å². The molecule has 21 heavy (non-hydrogen) atoms. The van der Waals surface area contributed by atoms with Gasteiger partial charge in [-0.3, -0.25) is 15.5 Å². The van der Waals surface area contributed by atoms with Crippen LogP contribution >= 0.6 is 0 Å². The first kappa shape index (κ1) is 14.7. The molecule has 8 nitrogen and oxygen atoms in total. The fraction of sp³-hybridized carbons (Fsp3) is 0.231. The number of hydrazine groups is 1. The van der Waals surface area contributed by atoms with E-state index in [1.54, 1.807) is 18.9 Å². The lowest BCUT2D eigenvalue weighted by Gasteiger charge is -2.19. The summed E-state index contributed by atoms with van der Waals surface area (Å²) in [6, 6.07) is 7.58. The van der Waals surface area contributed by atoms with Crippen molar-refractivity contribution in [2.75, 3.05) is 17.4 Å². The van der Waals surface area contributed by atoms with E-state index in [1.807, 2.05) is 31.2 Å². The van der Waals surface area contributed by atoms with Crippen LogP contribution in [0.1, 0.15) is 11.3 Å². The third kappa shape index (κ3) is 2.90. The third-order valence-corrected chi connectivity index (χ3v) is 3.09. The molecule has 0 saturated heterocycles. The molecule has 0 amide bonds. The number of hydrogen-bond acceptors (Lipinski definition) is 7. The number of anilines is 3. The van der Waals surface area contributed by atoms with E-state index in [-0.39, 0.29) is 23.1 Å². The van der Waals surface area contributed by atoms with Crippen molar-refractivity contribution in [2.45, 2.75) is 13.8 Å². The van der Waals surface area contributed by atoms with Gasteiger partial charge in [-0.1, -0.05) is 17.7 Å². The maximum atomic E-state index is 11.3. The molecule has 110 valence electrons. The summed E-state index contributed by atoms with van der Waals surface area (Å²) in [7, 11) is 1.71. The first-order chi connectivity index (χ1) is 9.93. The summed E-state index contributed by atoms with van der Waals surface area (Å²) in [4.78, 5) is 20.5. The lowest BCUT2D eigenvalue weighted by atomic mass is 10.2. The number of nitro groups is 1. The minimum atomic E-state index is -0.490. The average Bonchev–Trinajstić information content (AvgIpc) is 2.45. The second-order valence-corrected chi connectivity index (χ2v) is 4.60. The van der Waals surface area contributed by atoms with Crippen LogP contribution in [0.2, 0.25) is 0 Å². The molecule has 0 radical (unpaired) electrons. The largest absolute Gasteiger partial charge is 0.333 e. The molecule has 0 spiro atoms. The van der Waals surface area contributed by atoms with Crippen molar-refractivity contribution in [3.63, 3.8) is 0 Å². The summed E-state index contributed by atoms with van der Waals surface area (Å²) < 4.78 is 0. The highest BCUT2D eigenvalue weighted by atomic mass is 16.6. The Labute approximate surface area is 121 Å². The Kier molecular flexibility index (Phi) is 3.99. The number of nitrogens with one attached hydrogen (secondary N) is 1. The van der Waals surface area contributed by atoms with Crippen LogP contribution in [0.15, 0.2) is 24.3 Å². The fourth-order valence-corrected chi connectivity index (χ4v) is 1.95. The van der Waals surface area contributed by atoms with Crippen molar-refractivity contribution in [2.24, 2.45) is 5.84 Å². The van der Waals surface area contributed by atoms with Crippen LogP contribution in [0.3, 0.4) is 0 Å². The van der Waals surface area contributed by atoms with Crippen LogP contribution < -0.4 is 16.2 Å². The highest BCUT2D eigenvalue weighted by Crippen LogP contribution is 2.33. The standard InChI is InChI=1S/C13H16N6O2/c1-8-4-6-10(7-5-8)18(3)12-11(19(20)21)9(2)15-13(16-12)17-14/h4-7H,14H2,1-3H3,(H,15,16,17). The molecular weight excluding hydrogens is 272 g/mol. The average molecular weight is 288 g/mol. The highest BCUT2D eigenvalue weighted by molar-refractivity contribution is 5.70. The molecule has 0 fully saturated rings. The summed E-state index contributed by atoms with van der Waals surface area (Å²) in [6.45, 7) is 3.52. The second kappa shape index (κ2) is 5.71. The number of rotatable bonds is 4. The van der Waals surface area contributed by atoms with E-state index < -0.39 is 4.92 Å². The van der Waals surface area contributed by atoms with Gasteiger partial charge in [0.15, 0.2) is 0 Å². The molecule has 8 heteroatoms. The lowest BCUT2D eigenvalue weighted by molar-refractivity contribution is -0.385. The van der Waals surface area contributed by atoms with Gasteiger partial charge in [0.05, 0.1) is 4.92 Å². The Hall–Kier alpha value is -2.74.